The third-order valence-corrected chi connectivity index (χ3v) is 4.40. The predicted octanol–water partition coefficient (Wildman–Crippen LogP) is 3.87. The lowest BCUT2D eigenvalue weighted by Gasteiger charge is -2.37. The van der Waals surface area contributed by atoms with Gasteiger partial charge in [-0.15, -0.1) is 0 Å². The van der Waals surface area contributed by atoms with Crippen LogP contribution in [0, 0.1) is 0 Å². The molecule has 2 aromatic rings. The third-order valence-electron chi connectivity index (χ3n) is 4.40. The number of hydrogen-bond acceptors (Lipinski definition) is 3. The van der Waals surface area contributed by atoms with Gasteiger partial charge in [0.25, 0.3) is 0 Å². The zero-order valence-electron chi connectivity index (χ0n) is 13.4. The second-order valence-electron chi connectivity index (χ2n) is 6.42. The van der Waals surface area contributed by atoms with Crippen molar-refractivity contribution >= 4 is 5.97 Å². The fourth-order valence-corrected chi connectivity index (χ4v) is 3.20. The largest absolute Gasteiger partial charge is 0.460 e. The molecule has 0 aromatic heterocycles. The lowest BCUT2D eigenvalue weighted by Crippen LogP contribution is -2.41. The van der Waals surface area contributed by atoms with Crippen LogP contribution in [0.25, 0.3) is 0 Å². The van der Waals surface area contributed by atoms with E-state index in [9.17, 15) is 4.79 Å². The highest BCUT2D eigenvalue weighted by molar-refractivity contribution is 5.72. The monoisotopic (exact) mass is 310 g/mol. The molecule has 0 amide bonds. The van der Waals surface area contributed by atoms with E-state index in [0.717, 1.165) is 12.0 Å². The van der Waals surface area contributed by atoms with Crippen LogP contribution in [0.1, 0.15) is 30.9 Å². The Morgan fingerprint density at radius 1 is 1.09 bits per heavy atom. The molecule has 1 aliphatic rings. The van der Waals surface area contributed by atoms with Crippen molar-refractivity contribution in [2.24, 2.45) is 0 Å². The minimum Gasteiger partial charge on any atom is -0.460 e. The quantitative estimate of drug-likeness (QED) is 0.787. The van der Waals surface area contributed by atoms with Crippen molar-refractivity contribution in [3.05, 3.63) is 71.8 Å². The van der Waals surface area contributed by atoms with Crippen LogP contribution >= 0.6 is 0 Å². The van der Waals surface area contributed by atoms with E-state index in [-0.39, 0.29) is 17.5 Å². The van der Waals surface area contributed by atoms with E-state index >= 15 is 0 Å². The van der Waals surface area contributed by atoms with Gasteiger partial charge in [0.1, 0.15) is 6.10 Å². The summed E-state index contributed by atoms with van der Waals surface area (Å²) in [5.41, 5.74) is 2.13. The summed E-state index contributed by atoms with van der Waals surface area (Å²) < 4.78 is 11.2. The second kappa shape index (κ2) is 6.97. The first kappa shape index (κ1) is 15.8. The van der Waals surface area contributed by atoms with Gasteiger partial charge in [0.05, 0.1) is 19.6 Å². The maximum atomic E-state index is 12.0. The fraction of sp³-hybridized carbons (Fsp3) is 0.350. The molecule has 2 atom stereocenters. The van der Waals surface area contributed by atoms with Crippen LogP contribution in [0.15, 0.2) is 60.7 Å². The molecule has 1 saturated heterocycles. The summed E-state index contributed by atoms with van der Waals surface area (Å²) in [6, 6.07) is 20.2. The van der Waals surface area contributed by atoms with Gasteiger partial charge in [0.15, 0.2) is 0 Å². The van der Waals surface area contributed by atoms with Crippen molar-refractivity contribution in [3.8, 4) is 0 Å². The van der Waals surface area contributed by atoms with E-state index in [1.807, 2.05) is 48.5 Å². The highest BCUT2D eigenvalue weighted by atomic mass is 16.6. The standard InChI is InChI=1S/C20H22O3/c1-20(17-10-6-3-7-11-17)12-18(23-19(21)13-20)15-22-14-16-8-4-2-5-9-16/h2-11,18H,12-15H2,1H3/t18-,20+/m0/s1. The van der Waals surface area contributed by atoms with Crippen molar-refractivity contribution in [1.29, 1.82) is 0 Å². The number of ether oxygens (including phenoxy) is 2. The molecule has 3 heteroatoms. The van der Waals surface area contributed by atoms with E-state index in [1.54, 1.807) is 0 Å². The van der Waals surface area contributed by atoms with Crippen molar-refractivity contribution in [2.45, 2.75) is 37.9 Å². The number of benzene rings is 2. The maximum Gasteiger partial charge on any atom is 0.307 e. The van der Waals surface area contributed by atoms with Crippen molar-refractivity contribution in [3.63, 3.8) is 0 Å². The topological polar surface area (TPSA) is 35.5 Å². The molecule has 2 aromatic carbocycles. The Kier molecular flexibility index (Phi) is 4.77. The highest BCUT2D eigenvalue weighted by Crippen LogP contribution is 2.37. The molecule has 0 aliphatic carbocycles. The Morgan fingerprint density at radius 2 is 1.74 bits per heavy atom. The fourth-order valence-electron chi connectivity index (χ4n) is 3.20. The van der Waals surface area contributed by atoms with Crippen LogP contribution in [0.3, 0.4) is 0 Å². The Hall–Kier alpha value is -2.13. The number of carbonyl (C=O) groups is 1. The summed E-state index contributed by atoms with van der Waals surface area (Å²) in [7, 11) is 0. The Balaban J connectivity index is 1.61. The van der Waals surface area contributed by atoms with Crippen molar-refractivity contribution in [2.75, 3.05) is 6.61 Å². The number of cyclic esters (lactones) is 1. The van der Waals surface area contributed by atoms with Crippen molar-refractivity contribution in [1.82, 2.24) is 0 Å². The third kappa shape index (κ3) is 3.99. The summed E-state index contributed by atoms with van der Waals surface area (Å²) in [5, 5.41) is 0. The van der Waals surface area contributed by atoms with E-state index in [0.29, 0.717) is 19.6 Å². The molecule has 0 saturated carbocycles. The van der Waals surface area contributed by atoms with Crippen molar-refractivity contribution < 1.29 is 14.3 Å². The molecular weight excluding hydrogens is 288 g/mol. The average molecular weight is 310 g/mol. The number of hydrogen-bond donors (Lipinski definition) is 0. The van der Waals surface area contributed by atoms with E-state index < -0.39 is 0 Å². The van der Waals surface area contributed by atoms with Gasteiger partial charge >= 0.3 is 5.97 Å². The Morgan fingerprint density at radius 3 is 2.43 bits per heavy atom. The molecule has 3 nitrogen and oxygen atoms in total. The van der Waals surface area contributed by atoms with Gasteiger partial charge in [-0.3, -0.25) is 4.79 Å². The molecule has 0 radical (unpaired) electrons. The lowest BCUT2D eigenvalue weighted by atomic mass is 9.74. The normalized spacial score (nSPS) is 24.2. The highest BCUT2D eigenvalue weighted by Gasteiger charge is 2.39. The van der Waals surface area contributed by atoms with Gasteiger partial charge in [-0.2, -0.15) is 0 Å². The number of carbonyl (C=O) groups excluding carboxylic acids is 1. The summed E-state index contributed by atoms with van der Waals surface area (Å²) in [6.45, 7) is 3.10. The summed E-state index contributed by atoms with van der Waals surface area (Å²) >= 11 is 0. The zero-order chi connectivity index (χ0) is 16.1. The van der Waals surface area contributed by atoms with Crippen LogP contribution in [0.4, 0.5) is 0 Å². The second-order valence-corrected chi connectivity index (χ2v) is 6.42. The Labute approximate surface area is 137 Å². The van der Waals surface area contributed by atoms with E-state index in [2.05, 4.69) is 19.1 Å². The van der Waals surface area contributed by atoms with Gasteiger partial charge in [-0.1, -0.05) is 67.6 Å². The molecule has 0 spiro atoms. The summed E-state index contributed by atoms with van der Waals surface area (Å²) in [6.07, 6.45) is 1.02. The van der Waals surface area contributed by atoms with E-state index in [1.165, 1.54) is 5.56 Å². The molecule has 0 N–H and O–H groups in total. The number of esters is 1. The minimum atomic E-state index is -0.190. The van der Waals surface area contributed by atoms with Crippen LogP contribution in [-0.2, 0) is 26.3 Å². The van der Waals surface area contributed by atoms with Crippen LogP contribution in [0.2, 0.25) is 0 Å². The smallest absolute Gasteiger partial charge is 0.307 e. The van der Waals surface area contributed by atoms with Gasteiger partial charge in [-0.05, 0) is 17.5 Å². The van der Waals surface area contributed by atoms with Gasteiger partial charge in [0.2, 0.25) is 0 Å². The Bertz CT molecular complexity index is 638. The minimum absolute atomic E-state index is 0.143. The molecule has 1 fully saturated rings. The van der Waals surface area contributed by atoms with Gasteiger partial charge in [0, 0.05) is 5.41 Å². The molecule has 0 unspecified atom stereocenters. The number of rotatable bonds is 5. The summed E-state index contributed by atoms with van der Waals surface area (Å²) in [4.78, 5) is 12.0. The summed E-state index contributed by atoms with van der Waals surface area (Å²) in [5.74, 6) is -0.143. The van der Waals surface area contributed by atoms with Crippen LogP contribution < -0.4 is 0 Å². The predicted molar refractivity (Wildman–Crippen MR) is 89.0 cm³/mol. The SMILES string of the molecule is C[C@]1(c2ccccc2)CC(=O)O[C@H](COCc2ccccc2)C1. The molecule has 1 heterocycles. The molecule has 0 bridgehead atoms. The lowest BCUT2D eigenvalue weighted by molar-refractivity contribution is -0.162. The molecule has 23 heavy (non-hydrogen) atoms. The molecule has 3 rings (SSSR count). The molecular formula is C20H22O3. The maximum absolute atomic E-state index is 12.0. The first-order valence-electron chi connectivity index (χ1n) is 8.02. The first-order chi connectivity index (χ1) is 11.2. The molecule has 1 aliphatic heterocycles. The van der Waals surface area contributed by atoms with Gasteiger partial charge in [-0.25, -0.2) is 0 Å². The zero-order valence-corrected chi connectivity index (χ0v) is 13.4. The first-order valence-corrected chi connectivity index (χ1v) is 8.02. The molecule has 120 valence electrons. The van der Waals surface area contributed by atoms with Gasteiger partial charge < -0.3 is 9.47 Å². The van der Waals surface area contributed by atoms with Crippen LogP contribution in [-0.4, -0.2) is 18.7 Å². The average Bonchev–Trinajstić information content (AvgIpc) is 2.56. The van der Waals surface area contributed by atoms with Crippen LogP contribution in [0.5, 0.6) is 0 Å². The van der Waals surface area contributed by atoms with E-state index in [4.69, 9.17) is 9.47 Å².